The number of benzene rings is 2. The molecule has 1 saturated heterocycles. The van der Waals surface area contributed by atoms with Crippen LogP contribution in [-0.4, -0.2) is 48.3 Å². The van der Waals surface area contributed by atoms with Crippen LogP contribution in [0.3, 0.4) is 0 Å². The van der Waals surface area contributed by atoms with Crippen LogP contribution in [0.4, 0.5) is 4.39 Å². The van der Waals surface area contributed by atoms with Crippen molar-refractivity contribution in [2.75, 3.05) is 19.6 Å². The molecule has 0 spiro atoms. The molecule has 2 aromatic rings. The van der Waals surface area contributed by atoms with Crippen LogP contribution in [0.1, 0.15) is 66.3 Å². The summed E-state index contributed by atoms with van der Waals surface area (Å²) in [6, 6.07) is 12.5. The number of nitrogens with zero attached hydrogens (tertiary/aromatic N) is 1. The number of carbonyl (C=O) groups is 3. The molecule has 0 unspecified atom stereocenters. The van der Waals surface area contributed by atoms with Crippen LogP contribution < -0.4 is 10.6 Å². The van der Waals surface area contributed by atoms with Gasteiger partial charge in [-0.3, -0.25) is 14.4 Å². The van der Waals surface area contributed by atoms with E-state index in [9.17, 15) is 18.8 Å². The summed E-state index contributed by atoms with van der Waals surface area (Å²) in [6.07, 6.45) is 1.98. The zero-order valence-electron chi connectivity index (χ0n) is 19.5. The predicted molar refractivity (Wildman–Crippen MR) is 126 cm³/mol. The van der Waals surface area contributed by atoms with Gasteiger partial charge in [-0.25, -0.2) is 4.39 Å². The first-order valence-electron chi connectivity index (χ1n) is 11.4. The molecule has 2 N–H and O–H groups in total. The monoisotopic (exact) mass is 453 g/mol. The molecule has 0 aliphatic carbocycles. The maximum atomic E-state index is 13.0. The molecular weight excluding hydrogens is 421 g/mol. The third-order valence-electron chi connectivity index (χ3n) is 5.86. The fraction of sp³-hybridized carbons (Fsp3) is 0.423. The van der Waals surface area contributed by atoms with Crippen molar-refractivity contribution in [2.24, 2.45) is 0 Å². The van der Waals surface area contributed by atoms with Gasteiger partial charge in [-0.05, 0) is 66.6 Å². The maximum Gasteiger partial charge on any atom is 0.254 e. The van der Waals surface area contributed by atoms with E-state index in [1.165, 1.54) is 24.3 Å². The Morgan fingerprint density at radius 3 is 2.18 bits per heavy atom. The SMILES string of the molecule is CC(C)(C)c1ccc(C(=O)N2CCC[C@H]2C(=O)NCCCNC(=O)c2ccc(F)cc2)cc1. The molecule has 0 bridgehead atoms. The Labute approximate surface area is 194 Å². The fourth-order valence-electron chi connectivity index (χ4n) is 3.88. The van der Waals surface area contributed by atoms with Crippen molar-refractivity contribution in [1.29, 1.82) is 0 Å². The van der Waals surface area contributed by atoms with Crippen molar-refractivity contribution < 1.29 is 18.8 Å². The van der Waals surface area contributed by atoms with E-state index in [-0.39, 0.29) is 23.1 Å². The molecule has 2 aromatic carbocycles. The second kappa shape index (κ2) is 10.6. The van der Waals surface area contributed by atoms with Gasteiger partial charge in [-0.2, -0.15) is 0 Å². The number of halogens is 1. The number of likely N-dealkylation sites (tertiary alicyclic amines) is 1. The number of carbonyl (C=O) groups excluding carboxylic acids is 3. The average molecular weight is 454 g/mol. The van der Waals surface area contributed by atoms with Crippen LogP contribution in [0.5, 0.6) is 0 Å². The van der Waals surface area contributed by atoms with Crippen molar-refractivity contribution in [3.05, 3.63) is 71.0 Å². The summed E-state index contributed by atoms with van der Waals surface area (Å²) < 4.78 is 12.9. The number of hydrogen-bond acceptors (Lipinski definition) is 3. The average Bonchev–Trinajstić information content (AvgIpc) is 3.28. The minimum Gasteiger partial charge on any atom is -0.354 e. The first-order valence-corrected chi connectivity index (χ1v) is 11.4. The summed E-state index contributed by atoms with van der Waals surface area (Å²) in [7, 11) is 0. The molecule has 7 heteroatoms. The maximum absolute atomic E-state index is 13.0. The standard InChI is InChI=1S/C26H32FN3O3/c1-26(2,3)20-11-7-19(8-12-20)25(33)30-17-4-6-22(30)24(32)29-16-5-15-28-23(31)18-9-13-21(27)14-10-18/h7-14,22H,4-6,15-17H2,1-3H3,(H,28,31)(H,29,32)/t22-/m0/s1. The van der Waals surface area contributed by atoms with Gasteiger partial charge in [0.05, 0.1) is 0 Å². The highest BCUT2D eigenvalue weighted by Gasteiger charge is 2.34. The third-order valence-corrected chi connectivity index (χ3v) is 5.86. The lowest BCUT2D eigenvalue weighted by atomic mass is 9.86. The zero-order valence-corrected chi connectivity index (χ0v) is 19.5. The van der Waals surface area contributed by atoms with E-state index in [4.69, 9.17) is 0 Å². The molecule has 176 valence electrons. The first kappa shape index (κ1) is 24.4. The molecule has 1 fully saturated rings. The minimum absolute atomic E-state index is 0.0100. The van der Waals surface area contributed by atoms with Crippen molar-refractivity contribution >= 4 is 17.7 Å². The van der Waals surface area contributed by atoms with Crippen LogP contribution in [0, 0.1) is 5.82 Å². The van der Waals surface area contributed by atoms with Crippen LogP contribution in [-0.2, 0) is 10.2 Å². The Morgan fingerprint density at radius 1 is 0.939 bits per heavy atom. The van der Waals surface area contributed by atoms with Crippen LogP contribution in [0.15, 0.2) is 48.5 Å². The predicted octanol–water partition coefficient (Wildman–Crippen LogP) is 3.66. The van der Waals surface area contributed by atoms with Gasteiger partial charge in [0.1, 0.15) is 11.9 Å². The highest BCUT2D eigenvalue weighted by molar-refractivity contribution is 5.98. The molecule has 1 heterocycles. The highest BCUT2D eigenvalue weighted by atomic mass is 19.1. The van der Waals surface area contributed by atoms with Gasteiger partial charge in [-0.1, -0.05) is 32.9 Å². The molecule has 33 heavy (non-hydrogen) atoms. The normalized spacial score (nSPS) is 15.9. The quantitative estimate of drug-likeness (QED) is 0.628. The molecule has 0 saturated carbocycles. The van der Waals surface area contributed by atoms with Gasteiger partial charge in [-0.15, -0.1) is 0 Å². The molecule has 6 nitrogen and oxygen atoms in total. The topological polar surface area (TPSA) is 78.5 Å². The molecule has 1 aliphatic heterocycles. The van der Waals surface area contributed by atoms with Crippen LogP contribution in [0.25, 0.3) is 0 Å². The summed E-state index contributed by atoms with van der Waals surface area (Å²) >= 11 is 0. The van der Waals surface area contributed by atoms with Crippen molar-refractivity contribution in [3.8, 4) is 0 Å². The van der Waals surface area contributed by atoms with E-state index >= 15 is 0 Å². The summed E-state index contributed by atoms with van der Waals surface area (Å²) in [6.45, 7) is 7.70. The fourth-order valence-corrected chi connectivity index (χ4v) is 3.88. The van der Waals surface area contributed by atoms with Crippen LogP contribution >= 0.6 is 0 Å². The Bertz CT molecular complexity index is 981. The van der Waals surface area contributed by atoms with Crippen LogP contribution in [0.2, 0.25) is 0 Å². The Morgan fingerprint density at radius 2 is 1.55 bits per heavy atom. The van der Waals surface area contributed by atoms with Gasteiger partial charge < -0.3 is 15.5 Å². The molecule has 0 aromatic heterocycles. The minimum atomic E-state index is -0.478. The lowest BCUT2D eigenvalue weighted by Crippen LogP contribution is -2.46. The first-order chi connectivity index (χ1) is 15.7. The van der Waals surface area contributed by atoms with E-state index in [0.717, 1.165) is 12.0 Å². The second-order valence-corrected chi connectivity index (χ2v) is 9.39. The molecule has 0 radical (unpaired) electrons. The summed E-state index contributed by atoms with van der Waals surface area (Å²) in [4.78, 5) is 39.4. The van der Waals surface area contributed by atoms with Gasteiger partial charge in [0.2, 0.25) is 5.91 Å². The molecule has 1 aliphatic rings. The lowest BCUT2D eigenvalue weighted by Gasteiger charge is -2.25. The van der Waals surface area contributed by atoms with Gasteiger partial charge in [0.25, 0.3) is 11.8 Å². The van der Waals surface area contributed by atoms with Gasteiger partial charge in [0.15, 0.2) is 0 Å². The summed E-state index contributed by atoms with van der Waals surface area (Å²) in [5.74, 6) is -0.973. The Hall–Kier alpha value is -3.22. The molecule has 1 atom stereocenters. The largest absolute Gasteiger partial charge is 0.354 e. The van der Waals surface area contributed by atoms with Crippen molar-refractivity contribution in [3.63, 3.8) is 0 Å². The van der Waals surface area contributed by atoms with E-state index in [1.807, 2.05) is 24.3 Å². The number of nitrogens with one attached hydrogen (secondary N) is 2. The summed E-state index contributed by atoms with van der Waals surface area (Å²) in [5, 5.41) is 5.63. The highest BCUT2D eigenvalue weighted by Crippen LogP contribution is 2.24. The van der Waals surface area contributed by atoms with Gasteiger partial charge in [0, 0.05) is 30.8 Å². The Balaban J connectivity index is 1.46. The smallest absolute Gasteiger partial charge is 0.254 e. The van der Waals surface area contributed by atoms with E-state index < -0.39 is 11.9 Å². The van der Waals surface area contributed by atoms with Crippen molar-refractivity contribution in [2.45, 2.75) is 51.5 Å². The third kappa shape index (κ3) is 6.40. The van der Waals surface area contributed by atoms with E-state index in [2.05, 4.69) is 31.4 Å². The molecular formula is C26H32FN3O3. The number of amides is 3. The van der Waals surface area contributed by atoms with E-state index in [1.54, 1.807) is 4.90 Å². The zero-order chi connectivity index (χ0) is 24.0. The number of hydrogen-bond donors (Lipinski definition) is 2. The van der Waals surface area contributed by atoms with Crippen molar-refractivity contribution in [1.82, 2.24) is 15.5 Å². The summed E-state index contributed by atoms with van der Waals surface area (Å²) in [5.41, 5.74) is 2.14. The lowest BCUT2D eigenvalue weighted by molar-refractivity contribution is -0.124. The molecule has 3 rings (SSSR count). The van der Waals surface area contributed by atoms with Gasteiger partial charge >= 0.3 is 0 Å². The Kier molecular flexibility index (Phi) is 7.84. The molecule has 3 amide bonds. The van der Waals surface area contributed by atoms with E-state index in [0.29, 0.717) is 43.6 Å². The second-order valence-electron chi connectivity index (χ2n) is 9.39. The number of rotatable bonds is 7.